The molecule has 4 nitrogen and oxygen atoms in total. The van der Waals surface area contributed by atoms with Crippen LogP contribution in [0.4, 0.5) is 0 Å². The van der Waals surface area contributed by atoms with Crippen LogP contribution in [0.25, 0.3) is 5.65 Å². The van der Waals surface area contributed by atoms with Crippen LogP contribution in [-0.4, -0.2) is 14.6 Å². The predicted octanol–water partition coefficient (Wildman–Crippen LogP) is 1.55. The molecule has 70 valence electrons. The van der Waals surface area contributed by atoms with Gasteiger partial charge in [0, 0.05) is 0 Å². The minimum Gasteiger partial charge on any atom is -0.219 e. The standard InChI is InChI=1S/C10H10N4/c1-2-3-8-4-5-10-12-9(6-11)7-14(10)13-8/h4-5,7H,2-3H2,1H3. The van der Waals surface area contributed by atoms with Crippen LogP contribution in [0.15, 0.2) is 18.3 Å². The zero-order chi connectivity index (χ0) is 9.97. The maximum Gasteiger partial charge on any atom is 0.161 e. The van der Waals surface area contributed by atoms with E-state index in [0.717, 1.165) is 24.2 Å². The number of aromatic nitrogens is 3. The summed E-state index contributed by atoms with van der Waals surface area (Å²) in [6, 6.07) is 5.84. The number of nitrogens with zero attached hydrogens (tertiary/aromatic N) is 4. The average molecular weight is 186 g/mol. The highest BCUT2D eigenvalue weighted by atomic mass is 15.2. The number of fused-ring (bicyclic) bond motifs is 1. The van der Waals surface area contributed by atoms with E-state index in [2.05, 4.69) is 17.0 Å². The van der Waals surface area contributed by atoms with Gasteiger partial charge in [0.15, 0.2) is 11.3 Å². The van der Waals surface area contributed by atoms with Crippen LogP contribution < -0.4 is 0 Å². The molecule has 0 bridgehead atoms. The van der Waals surface area contributed by atoms with Gasteiger partial charge in [-0.1, -0.05) is 13.3 Å². The Bertz CT molecular complexity index is 492. The molecule has 0 aromatic carbocycles. The maximum atomic E-state index is 8.66. The Labute approximate surface area is 81.8 Å². The molecular formula is C10H10N4. The fourth-order valence-electron chi connectivity index (χ4n) is 1.36. The summed E-state index contributed by atoms with van der Waals surface area (Å²) in [6.45, 7) is 2.11. The zero-order valence-electron chi connectivity index (χ0n) is 7.94. The minimum absolute atomic E-state index is 0.408. The predicted molar refractivity (Wildman–Crippen MR) is 51.7 cm³/mol. The molecule has 0 fully saturated rings. The third-order valence-corrected chi connectivity index (χ3v) is 2.00. The summed E-state index contributed by atoms with van der Waals surface area (Å²) in [5.74, 6) is 0. The van der Waals surface area contributed by atoms with Crippen molar-refractivity contribution in [2.75, 3.05) is 0 Å². The molecule has 0 saturated carbocycles. The lowest BCUT2D eigenvalue weighted by atomic mass is 10.2. The van der Waals surface area contributed by atoms with E-state index >= 15 is 0 Å². The minimum atomic E-state index is 0.408. The number of aryl methyl sites for hydroxylation is 1. The van der Waals surface area contributed by atoms with E-state index in [1.165, 1.54) is 0 Å². The molecule has 0 radical (unpaired) electrons. The number of nitriles is 1. The van der Waals surface area contributed by atoms with Gasteiger partial charge in [-0.25, -0.2) is 9.50 Å². The van der Waals surface area contributed by atoms with Crippen LogP contribution in [0.5, 0.6) is 0 Å². The first-order chi connectivity index (χ1) is 6.83. The summed E-state index contributed by atoms with van der Waals surface area (Å²) >= 11 is 0. The molecule has 4 heteroatoms. The Morgan fingerprint density at radius 1 is 1.50 bits per heavy atom. The van der Waals surface area contributed by atoms with Gasteiger partial charge in [-0.15, -0.1) is 0 Å². The molecule has 2 rings (SSSR count). The molecule has 14 heavy (non-hydrogen) atoms. The normalized spacial score (nSPS) is 10.3. The topological polar surface area (TPSA) is 54.0 Å². The third-order valence-electron chi connectivity index (χ3n) is 2.00. The van der Waals surface area contributed by atoms with Crippen molar-refractivity contribution in [3.63, 3.8) is 0 Å². The second-order valence-corrected chi connectivity index (χ2v) is 3.12. The van der Waals surface area contributed by atoms with Crippen molar-refractivity contribution in [3.8, 4) is 6.07 Å². The van der Waals surface area contributed by atoms with E-state index in [-0.39, 0.29) is 0 Å². The highest BCUT2D eigenvalue weighted by molar-refractivity contribution is 5.41. The van der Waals surface area contributed by atoms with Gasteiger partial charge < -0.3 is 0 Å². The molecular weight excluding hydrogens is 176 g/mol. The Morgan fingerprint density at radius 3 is 3.07 bits per heavy atom. The lowest BCUT2D eigenvalue weighted by Crippen LogP contribution is -1.96. The maximum absolute atomic E-state index is 8.66. The van der Waals surface area contributed by atoms with Crippen molar-refractivity contribution in [2.45, 2.75) is 19.8 Å². The Kier molecular flexibility index (Phi) is 2.15. The highest BCUT2D eigenvalue weighted by Gasteiger charge is 2.01. The smallest absolute Gasteiger partial charge is 0.161 e. The van der Waals surface area contributed by atoms with E-state index in [1.807, 2.05) is 18.2 Å². The monoisotopic (exact) mass is 186 g/mol. The summed E-state index contributed by atoms with van der Waals surface area (Å²) in [7, 11) is 0. The quantitative estimate of drug-likeness (QED) is 0.715. The van der Waals surface area contributed by atoms with E-state index in [9.17, 15) is 0 Å². The summed E-state index contributed by atoms with van der Waals surface area (Å²) in [5.41, 5.74) is 2.16. The Balaban J connectivity index is 2.50. The number of imidazole rings is 1. The number of rotatable bonds is 2. The fraction of sp³-hybridized carbons (Fsp3) is 0.300. The van der Waals surface area contributed by atoms with Gasteiger partial charge in [-0.05, 0) is 18.6 Å². The summed E-state index contributed by atoms with van der Waals surface area (Å²) < 4.78 is 1.66. The lowest BCUT2D eigenvalue weighted by molar-refractivity contribution is 0.810. The first-order valence-electron chi connectivity index (χ1n) is 4.59. The summed E-state index contributed by atoms with van der Waals surface area (Å²) in [4.78, 5) is 4.07. The van der Waals surface area contributed by atoms with E-state index in [1.54, 1.807) is 10.7 Å². The average Bonchev–Trinajstić information content (AvgIpc) is 2.60. The van der Waals surface area contributed by atoms with Crippen LogP contribution in [0.3, 0.4) is 0 Å². The third kappa shape index (κ3) is 1.44. The number of hydrogen-bond acceptors (Lipinski definition) is 3. The van der Waals surface area contributed by atoms with Crippen LogP contribution in [0.1, 0.15) is 24.7 Å². The molecule has 0 N–H and O–H groups in total. The van der Waals surface area contributed by atoms with Crippen molar-refractivity contribution in [1.82, 2.24) is 14.6 Å². The Hall–Kier alpha value is -1.89. The van der Waals surface area contributed by atoms with Gasteiger partial charge in [-0.2, -0.15) is 10.4 Å². The van der Waals surface area contributed by atoms with Crippen molar-refractivity contribution < 1.29 is 0 Å². The second-order valence-electron chi connectivity index (χ2n) is 3.12. The van der Waals surface area contributed by atoms with E-state index in [4.69, 9.17) is 5.26 Å². The van der Waals surface area contributed by atoms with Crippen molar-refractivity contribution >= 4 is 5.65 Å². The summed E-state index contributed by atoms with van der Waals surface area (Å²) in [5, 5.41) is 13.0. The molecule has 0 saturated heterocycles. The zero-order valence-corrected chi connectivity index (χ0v) is 7.94. The van der Waals surface area contributed by atoms with Crippen LogP contribution >= 0.6 is 0 Å². The molecule has 0 aliphatic carbocycles. The largest absolute Gasteiger partial charge is 0.219 e. The molecule has 0 amide bonds. The molecule has 2 aromatic heterocycles. The van der Waals surface area contributed by atoms with Crippen molar-refractivity contribution in [3.05, 3.63) is 29.7 Å². The first kappa shape index (κ1) is 8.70. The summed E-state index contributed by atoms with van der Waals surface area (Å²) in [6.07, 6.45) is 3.67. The van der Waals surface area contributed by atoms with E-state index in [0.29, 0.717) is 5.69 Å². The van der Waals surface area contributed by atoms with Gasteiger partial charge in [0.2, 0.25) is 0 Å². The SMILES string of the molecule is CCCc1ccc2nc(C#N)cn2n1. The van der Waals surface area contributed by atoms with Crippen LogP contribution in [0, 0.1) is 11.3 Å². The molecule has 0 unspecified atom stereocenters. The van der Waals surface area contributed by atoms with Gasteiger partial charge in [0.05, 0.1) is 11.9 Å². The second kappa shape index (κ2) is 3.46. The van der Waals surface area contributed by atoms with Gasteiger partial charge in [0.1, 0.15) is 6.07 Å². The lowest BCUT2D eigenvalue weighted by Gasteiger charge is -1.97. The molecule has 0 aliphatic rings. The molecule has 0 spiro atoms. The van der Waals surface area contributed by atoms with Crippen molar-refractivity contribution in [1.29, 1.82) is 5.26 Å². The number of hydrogen-bond donors (Lipinski definition) is 0. The van der Waals surface area contributed by atoms with Crippen molar-refractivity contribution in [2.24, 2.45) is 0 Å². The van der Waals surface area contributed by atoms with Crippen LogP contribution in [-0.2, 0) is 6.42 Å². The highest BCUT2D eigenvalue weighted by Crippen LogP contribution is 2.05. The first-order valence-corrected chi connectivity index (χ1v) is 4.59. The van der Waals surface area contributed by atoms with Gasteiger partial charge in [-0.3, -0.25) is 0 Å². The fourth-order valence-corrected chi connectivity index (χ4v) is 1.36. The van der Waals surface area contributed by atoms with Crippen LogP contribution in [0.2, 0.25) is 0 Å². The van der Waals surface area contributed by atoms with E-state index < -0.39 is 0 Å². The molecule has 0 atom stereocenters. The molecule has 0 aliphatic heterocycles. The van der Waals surface area contributed by atoms with Gasteiger partial charge >= 0.3 is 0 Å². The Morgan fingerprint density at radius 2 is 2.36 bits per heavy atom. The molecule has 2 heterocycles. The van der Waals surface area contributed by atoms with Gasteiger partial charge in [0.25, 0.3) is 0 Å². The molecule has 2 aromatic rings.